The van der Waals surface area contributed by atoms with Crippen LogP contribution in [0.3, 0.4) is 0 Å². The lowest BCUT2D eigenvalue weighted by atomic mass is 9.70. The van der Waals surface area contributed by atoms with Crippen LogP contribution in [0.25, 0.3) is 10.9 Å². The monoisotopic (exact) mass is 996 g/mol. The molecule has 0 spiro atoms. The Hall–Kier alpha value is -6.26. The highest BCUT2D eigenvalue weighted by Crippen LogP contribution is 2.46. The van der Waals surface area contributed by atoms with Gasteiger partial charge in [-0.3, -0.25) is 53.4 Å². The summed E-state index contributed by atoms with van der Waals surface area (Å²) in [6, 6.07) is 17.5. The van der Waals surface area contributed by atoms with E-state index in [0.717, 1.165) is 89.2 Å². The number of hydrogen-bond donors (Lipinski definition) is 2. The molecular weight excluding hydrogens is 933 g/mol. The van der Waals surface area contributed by atoms with E-state index in [1.807, 2.05) is 30.3 Å². The predicted octanol–water partition coefficient (Wildman–Crippen LogP) is 6.66. The van der Waals surface area contributed by atoms with E-state index >= 15 is 0 Å². The van der Waals surface area contributed by atoms with E-state index in [0.29, 0.717) is 30.4 Å². The van der Waals surface area contributed by atoms with Gasteiger partial charge in [-0.25, -0.2) is 0 Å². The summed E-state index contributed by atoms with van der Waals surface area (Å²) in [7, 11) is 0. The van der Waals surface area contributed by atoms with Crippen LogP contribution in [0, 0.1) is 0 Å². The molecule has 0 bridgehead atoms. The fourth-order valence-corrected chi connectivity index (χ4v) is 12.5. The van der Waals surface area contributed by atoms with Crippen molar-refractivity contribution in [1.29, 1.82) is 0 Å². The summed E-state index contributed by atoms with van der Waals surface area (Å²) in [6.45, 7) is 11.1. The third-order valence-corrected chi connectivity index (χ3v) is 16.7. The van der Waals surface area contributed by atoms with Gasteiger partial charge in [0.2, 0.25) is 17.7 Å². The van der Waals surface area contributed by atoms with Crippen LogP contribution in [-0.2, 0) is 51.9 Å². The lowest BCUT2D eigenvalue weighted by Gasteiger charge is -2.44. The average molecular weight is 997 g/mol. The van der Waals surface area contributed by atoms with Crippen LogP contribution in [-0.4, -0.2) is 129 Å². The van der Waals surface area contributed by atoms with Crippen LogP contribution in [0.1, 0.15) is 146 Å². The van der Waals surface area contributed by atoms with Crippen LogP contribution in [0.2, 0.25) is 0 Å². The zero-order valence-corrected chi connectivity index (χ0v) is 42.4. The number of para-hydroxylation sites is 1. The summed E-state index contributed by atoms with van der Waals surface area (Å²) in [5.74, 6) is -1.57. The topological polar surface area (TPSA) is 194 Å². The Morgan fingerprint density at radius 3 is 2.08 bits per heavy atom. The number of fused-ring (bicyclic) bond motifs is 5. The molecule has 3 fully saturated rings. The summed E-state index contributed by atoms with van der Waals surface area (Å²) in [5, 5.41) is 3.28. The van der Waals surface area contributed by atoms with Gasteiger partial charge in [0.1, 0.15) is 29.2 Å². The van der Waals surface area contributed by atoms with Crippen molar-refractivity contribution in [3.05, 3.63) is 93.7 Å². The quantitative estimate of drug-likeness (QED) is 0.0577. The lowest BCUT2D eigenvalue weighted by molar-refractivity contribution is -0.138. The minimum Gasteiger partial charge on any atom is -0.371 e. The maximum Gasteiger partial charge on any atom is 0.255 e. The van der Waals surface area contributed by atoms with Crippen LogP contribution >= 0.6 is 11.8 Å². The third-order valence-electron chi connectivity index (χ3n) is 15.6. The van der Waals surface area contributed by atoms with Crippen molar-refractivity contribution in [3.63, 3.8) is 0 Å². The van der Waals surface area contributed by atoms with Gasteiger partial charge in [-0.15, -0.1) is 11.8 Å². The average Bonchev–Trinajstić information content (AvgIpc) is 3.95. The minimum absolute atomic E-state index is 0.00729. The van der Waals surface area contributed by atoms with Gasteiger partial charge in [-0.2, -0.15) is 0 Å². The summed E-state index contributed by atoms with van der Waals surface area (Å²) in [6.07, 6.45) is 3.19. The summed E-state index contributed by atoms with van der Waals surface area (Å²) >= 11 is 1.44. The molecule has 4 aliphatic heterocycles. The molecule has 1 aliphatic carbocycles. The lowest BCUT2D eigenvalue weighted by Crippen LogP contribution is -2.54. The van der Waals surface area contributed by atoms with Gasteiger partial charge in [0.05, 0.1) is 12.0 Å². The molecular formula is C56H64N6O9S. The van der Waals surface area contributed by atoms with Crippen molar-refractivity contribution in [3.8, 4) is 0 Å². The second-order valence-electron chi connectivity index (χ2n) is 20.5. The maximum absolute atomic E-state index is 14.1. The van der Waals surface area contributed by atoms with Crippen LogP contribution in [0.4, 0.5) is 5.69 Å². The summed E-state index contributed by atoms with van der Waals surface area (Å²) in [4.78, 5) is 128. The molecule has 5 heterocycles. The Morgan fingerprint density at radius 1 is 0.736 bits per heavy atom. The number of aryl methyl sites for hydroxylation is 1. The molecule has 2 N–H and O–H groups in total. The van der Waals surface area contributed by atoms with Gasteiger partial charge in [0.25, 0.3) is 5.91 Å². The molecule has 9 rings (SSSR count). The molecule has 0 saturated carbocycles. The number of ketones is 5. The SMILES string of the molecule is CCc1cc2c(cc1N1CCC(N3CCN(C(=O)CC(=O)CCC(=O)CCC(=O)CCC(=O)CCSc4cccc5c4CN(C4CCC(=O)NC4=O)C5=O)CC3)CC1)C(C)(C)c1[nH]c3ccccc3c1C2=O. The van der Waals surface area contributed by atoms with Gasteiger partial charge in [0.15, 0.2) is 5.78 Å². The van der Waals surface area contributed by atoms with E-state index in [9.17, 15) is 43.2 Å². The van der Waals surface area contributed by atoms with E-state index < -0.39 is 11.9 Å². The number of piperazine rings is 1. The second-order valence-corrected chi connectivity index (χ2v) is 21.6. The molecule has 5 aliphatic rings. The Bertz CT molecular complexity index is 2870. The molecule has 16 heteroatoms. The summed E-state index contributed by atoms with van der Waals surface area (Å²) < 4.78 is 0. The first-order valence-electron chi connectivity index (χ1n) is 25.7. The van der Waals surface area contributed by atoms with Gasteiger partial charge >= 0.3 is 0 Å². The largest absolute Gasteiger partial charge is 0.371 e. The van der Waals surface area contributed by atoms with Gasteiger partial charge in [-0.05, 0) is 72.7 Å². The smallest absolute Gasteiger partial charge is 0.255 e. The number of nitrogens with one attached hydrogen (secondary N) is 2. The van der Waals surface area contributed by atoms with Crippen molar-refractivity contribution < 1.29 is 43.2 Å². The van der Waals surface area contributed by atoms with Crippen molar-refractivity contribution in [2.45, 2.75) is 133 Å². The van der Waals surface area contributed by atoms with Crippen LogP contribution in [0.5, 0.6) is 0 Å². The van der Waals surface area contributed by atoms with E-state index in [1.54, 1.807) is 17.0 Å². The molecule has 378 valence electrons. The van der Waals surface area contributed by atoms with Gasteiger partial charge in [0, 0.05) is 153 Å². The first-order chi connectivity index (χ1) is 34.6. The number of rotatable bonds is 19. The minimum atomic E-state index is -0.709. The standard InChI is InChI=1S/C56H64N6O9S/c1-4-34-30-42-44(56(2,3)53-51(52(42)69)41-8-5-6-10-45(41)57-53)32-47(34)60-23-20-35(21-24-60)59-25-27-61(28-26-59)50(68)31-39(66)17-16-37(64)13-12-36(63)14-15-38(65)22-29-72-48-11-7-9-40-43(48)33-62(55(40)71)46-18-19-49(67)58-54(46)70/h5-11,30,32,35,46,57H,4,12-29,31,33H2,1-3H3,(H,58,67,70). The predicted molar refractivity (Wildman–Crippen MR) is 273 cm³/mol. The number of nitrogens with zero attached hydrogens (tertiary/aromatic N) is 4. The molecule has 1 atom stereocenters. The number of anilines is 1. The number of hydrogen-bond acceptors (Lipinski definition) is 12. The number of imide groups is 1. The van der Waals surface area contributed by atoms with Crippen molar-refractivity contribution in [2.75, 3.05) is 49.9 Å². The van der Waals surface area contributed by atoms with Crippen molar-refractivity contribution in [1.82, 2.24) is 25.0 Å². The zero-order chi connectivity index (χ0) is 50.8. The fraction of sp³-hybridized carbons (Fsp3) is 0.482. The third kappa shape index (κ3) is 10.5. The molecule has 15 nitrogen and oxygen atoms in total. The first kappa shape index (κ1) is 50.7. The molecule has 4 aromatic rings. The number of H-pyrrole nitrogens is 1. The number of Topliss-reactive ketones (excluding diaryl/α,β-unsaturated/α-hetero) is 4. The van der Waals surface area contributed by atoms with Crippen molar-refractivity contribution >= 4 is 80.9 Å². The number of aromatic amines is 1. The second kappa shape index (κ2) is 21.4. The zero-order valence-electron chi connectivity index (χ0n) is 41.6. The van der Waals surface area contributed by atoms with Gasteiger partial charge in [-0.1, -0.05) is 45.0 Å². The van der Waals surface area contributed by atoms with E-state index in [2.05, 4.69) is 53.0 Å². The van der Waals surface area contributed by atoms with Crippen LogP contribution in [0.15, 0.2) is 59.5 Å². The Labute approximate surface area is 424 Å². The molecule has 4 amide bonds. The van der Waals surface area contributed by atoms with Crippen LogP contribution < -0.4 is 10.2 Å². The van der Waals surface area contributed by atoms with E-state index in [-0.39, 0.29) is 123 Å². The molecule has 72 heavy (non-hydrogen) atoms. The Morgan fingerprint density at radius 2 is 1.40 bits per heavy atom. The number of thioether (sulfide) groups is 1. The fourth-order valence-electron chi connectivity index (χ4n) is 11.4. The van der Waals surface area contributed by atoms with Crippen molar-refractivity contribution in [2.24, 2.45) is 0 Å². The molecule has 1 aromatic heterocycles. The Kier molecular flexibility index (Phi) is 15.1. The normalized spacial score (nSPS) is 19.0. The number of amides is 4. The number of carbonyl (C=O) groups is 9. The molecule has 0 radical (unpaired) electrons. The van der Waals surface area contributed by atoms with E-state index in [4.69, 9.17) is 0 Å². The molecule has 3 saturated heterocycles. The first-order valence-corrected chi connectivity index (χ1v) is 26.7. The number of carbonyl (C=O) groups excluding carboxylic acids is 9. The maximum atomic E-state index is 14.1. The number of benzene rings is 3. The number of piperidine rings is 2. The number of aromatic nitrogens is 1. The highest BCUT2D eigenvalue weighted by Gasteiger charge is 2.42. The highest BCUT2D eigenvalue weighted by atomic mass is 32.2. The summed E-state index contributed by atoms with van der Waals surface area (Å²) in [5.41, 5.74) is 7.91. The highest BCUT2D eigenvalue weighted by molar-refractivity contribution is 7.99. The molecule has 1 unspecified atom stereocenters. The van der Waals surface area contributed by atoms with E-state index in [1.165, 1.54) is 27.9 Å². The Balaban J connectivity index is 0.649. The molecule has 3 aromatic carbocycles. The van der Waals surface area contributed by atoms with Gasteiger partial charge < -0.3 is 19.7 Å².